The van der Waals surface area contributed by atoms with E-state index < -0.39 is 24.3 Å². The Bertz CT molecular complexity index is 1680. The van der Waals surface area contributed by atoms with Gasteiger partial charge >= 0.3 is 0 Å². The zero-order valence-electron chi connectivity index (χ0n) is 24.5. The maximum atomic E-state index is 14.6. The lowest BCUT2D eigenvalue weighted by Gasteiger charge is -2.31. The summed E-state index contributed by atoms with van der Waals surface area (Å²) < 4.78 is 31.1. The maximum absolute atomic E-state index is 14.6. The zero-order chi connectivity index (χ0) is 30.4. The number of anilines is 1. The van der Waals surface area contributed by atoms with Crippen LogP contribution in [0.3, 0.4) is 0 Å². The molecule has 0 unspecified atom stereocenters. The molecule has 2 amide bonds. The van der Waals surface area contributed by atoms with Gasteiger partial charge in [-0.3, -0.25) is 14.9 Å². The number of hydrogen-bond donors (Lipinski definition) is 1. The fraction of sp³-hybridized carbons (Fsp3) is 0.394. The number of alkyl halides is 2. The first-order valence-corrected chi connectivity index (χ1v) is 16.1. The molecule has 0 spiro atoms. The third-order valence-electron chi connectivity index (χ3n) is 9.36. The number of fused-ring (bicyclic) bond motifs is 2. The summed E-state index contributed by atoms with van der Waals surface area (Å²) in [7, 11) is 0. The van der Waals surface area contributed by atoms with Crippen LogP contribution >= 0.6 is 11.3 Å². The van der Waals surface area contributed by atoms with Crippen LogP contribution in [0.25, 0.3) is 11.1 Å². The number of piperidine rings is 1. The molecular weight excluding hydrogens is 582 g/mol. The lowest BCUT2D eigenvalue weighted by Crippen LogP contribution is -2.38. The van der Waals surface area contributed by atoms with Gasteiger partial charge in [-0.1, -0.05) is 31.2 Å². The van der Waals surface area contributed by atoms with Crippen molar-refractivity contribution < 1.29 is 18.4 Å². The second kappa shape index (κ2) is 11.9. The summed E-state index contributed by atoms with van der Waals surface area (Å²) in [5.41, 5.74) is 4.25. The number of rotatable bonds is 8. The van der Waals surface area contributed by atoms with E-state index in [1.54, 1.807) is 24.0 Å². The average Bonchev–Trinajstić information content (AvgIpc) is 3.85. The Kier molecular flexibility index (Phi) is 7.75. The van der Waals surface area contributed by atoms with E-state index in [0.29, 0.717) is 22.3 Å². The van der Waals surface area contributed by atoms with E-state index in [-0.39, 0.29) is 23.2 Å². The minimum atomic E-state index is -2.78. The summed E-state index contributed by atoms with van der Waals surface area (Å²) in [6.45, 7) is 6.08. The van der Waals surface area contributed by atoms with Crippen molar-refractivity contribution in [1.82, 2.24) is 24.3 Å². The van der Waals surface area contributed by atoms with Gasteiger partial charge in [0.25, 0.3) is 18.2 Å². The Hall–Kier alpha value is -3.96. The highest BCUT2D eigenvalue weighted by Gasteiger charge is 2.42. The summed E-state index contributed by atoms with van der Waals surface area (Å²) in [5.74, 6) is -0.439. The first-order valence-electron chi connectivity index (χ1n) is 15.2. The number of nitrogens with one attached hydrogen (secondary N) is 1. The van der Waals surface area contributed by atoms with Gasteiger partial charge in [0.2, 0.25) is 0 Å². The van der Waals surface area contributed by atoms with Gasteiger partial charge < -0.3 is 14.4 Å². The minimum absolute atomic E-state index is 0.105. The number of imidazole rings is 1. The van der Waals surface area contributed by atoms with Gasteiger partial charge in [0.05, 0.1) is 12.0 Å². The molecule has 5 heterocycles. The Labute approximate surface area is 258 Å². The highest BCUT2D eigenvalue weighted by molar-refractivity contribution is 7.13. The predicted molar refractivity (Wildman–Crippen MR) is 165 cm³/mol. The van der Waals surface area contributed by atoms with Crippen molar-refractivity contribution in [2.45, 2.75) is 64.1 Å². The number of benzene rings is 2. The molecule has 4 aromatic rings. The fourth-order valence-electron chi connectivity index (χ4n) is 6.96. The number of thiazole rings is 1. The minimum Gasteiger partial charge on any atom is -0.334 e. The molecule has 1 saturated heterocycles. The van der Waals surface area contributed by atoms with Crippen molar-refractivity contribution in [3.8, 4) is 11.1 Å². The van der Waals surface area contributed by atoms with Crippen LogP contribution in [0.15, 0.2) is 54.3 Å². The lowest BCUT2D eigenvalue weighted by molar-refractivity contribution is -0.121. The second-order valence-electron chi connectivity index (χ2n) is 11.8. The van der Waals surface area contributed by atoms with Gasteiger partial charge in [-0.2, -0.15) is 0 Å². The molecule has 7 rings (SSSR count). The topological polar surface area (TPSA) is 83.4 Å². The predicted octanol–water partition coefficient (Wildman–Crippen LogP) is 6.43. The van der Waals surface area contributed by atoms with Crippen molar-refractivity contribution in [2.24, 2.45) is 0 Å². The fourth-order valence-corrected chi connectivity index (χ4v) is 7.50. The van der Waals surface area contributed by atoms with Crippen LogP contribution in [-0.2, 0) is 24.3 Å². The van der Waals surface area contributed by atoms with Crippen LogP contribution in [0.4, 0.5) is 13.9 Å². The number of carbonyl (C=O) groups is 2. The molecular formula is C33H34F2N6O2S. The van der Waals surface area contributed by atoms with Gasteiger partial charge in [0.15, 0.2) is 11.2 Å². The number of likely N-dealkylation sites (tertiary alicyclic amines) is 1. The highest BCUT2D eigenvalue weighted by atomic mass is 32.1. The van der Waals surface area contributed by atoms with Crippen molar-refractivity contribution >= 4 is 28.3 Å². The lowest BCUT2D eigenvalue weighted by atomic mass is 9.88. The average molecular weight is 617 g/mol. The third kappa shape index (κ3) is 5.21. The van der Waals surface area contributed by atoms with Crippen LogP contribution in [0, 0.1) is 0 Å². The summed E-state index contributed by atoms with van der Waals surface area (Å²) in [6.07, 6.45) is 4.33. The number of hydrogen-bond acceptors (Lipinski definition) is 6. The first-order chi connectivity index (χ1) is 21.4. The SMILES string of the molecule is CCN1CCC(c2ccc(-c3cc4c(c(C(F)F)c3)CN([C@@H](C(=O)Nc3nccs3)c3ncn5c3CCC5)C4=O)cc2)CC1. The van der Waals surface area contributed by atoms with Crippen LogP contribution in [0.1, 0.15) is 83.0 Å². The Balaban J connectivity index is 1.21. The van der Waals surface area contributed by atoms with Crippen molar-refractivity contribution in [2.75, 3.05) is 25.0 Å². The largest absolute Gasteiger partial charge is 0.334 e. The maximum Gasteiger partial charge on any atom is 0.264 e. The molecule has 0 saturated carbocycles. The van der Waals surface area contributed by atoms with E-state index in [4.69, 9.17) is 0 Å². The normalized spacial score (nSPS) is 17.7. The molecule has 44 heavy (non-hydrogen) atoms. The first kappa shape index (κ1) is 28.8. The number of nitrogens with zero attached hydrogens (tertiary/aromatic N) is 5. The number of aromatic nitrogens is 3. The van der Waals surface area contributed by atoms with E-state index in [0.717, 1.165) is 63.1 Å². The molecule has 228 valence electrons. The van der Waals surface area contributed by atoms with E-state index in [2.05, 4.69) is 39.2 Å². The summed E-state index contributed by atoms with van der Waals surface area (Å²) in [5, 5.41) is 4.95. The molecule has 8 nitrogen and oxygen atoms in total. The van der Waals surface area contributed by atoms with Crippen molar-refractivity contribution in [1.29, 1.82) is 0 Å². The number of aryl methyl sites for hydroxylation is 1. The number of carbonyl (C=O) groups excluding carboxylic acids is 2. The van der Waals surface area contributed by atoms with Gasteiger partial charge in [0, 0.05) is 41.5 Å². The number of amides is 2. The van der Waals surface area contributed by atoms with E-state index in [1.165, 1.54) is 27.9 Å². The van der Waals surface area contributed by atoms with Crippen molar-refractivity contribution in [3.63, 3.8) is 0 Å². The highest BCUT2D eigenvalue weighted by Crippen LogP contribution is 2.41. The molecule has 1 N–H and O–H groups in total. The van der Waals surface area contributed by atoms with Crippen molar-refractivity contribution in [3.05, 3.63) is 87.9 Å². The zero-order valence-corrected chi connectivity index (χ0v) is 25.3. The quantitative estimate of drug-likeness (QED) is 0.247. The molecule has 0 aliphatic carbocycles. The molecule has 0 bridgehead atoms. The van der Waals surface area contributed by atoms with Crippen LogP contribution < -0.4 is 5.32 Å². The van der Waals surface area contributed by atoms with E-state index in [9.17, 15) is 18.4 Å². The molecule has 2 aromatic carbocycles. The Morgan fingerprint density at radius 1 is 1.09 bits per heavy atom. The Morgan fingerprint density at radius 2 is 1.89 bits per heavy atom. The summed E-state index contributed by atoms with van der Waals surface area (Å²) in [6, 6.07) is 10.2. The Morgan fingerprint density at radius 3 is 2.59 bits per heavy atom. The molecule has 3 aliphatic heterocycles. The van der Waals surface area contributed by atoms with Gasteiger partial charge in [0.1, 0.15) is 0 Å². The summed E-state index contributed by atoms with van der Waals surface area (Å²) >= 11 is 1.27. The van der Waals surface area contributed by atoms with Crippen LogP contribution in [0.2, 0.25) is 0 Å². The standard InChI is InChI=1S/C33H34F2N6O2S/c1-2-39-13-9-22(10-14-39)20-5-7-21(8-6-20)23-16-24(30(34)35)26-18-41(32(43)25(26)17-23)29(31(42)38-33-36-11-15-44-33)28-27-4-3-12-40(27)19-37-28/h5-8,11,15-17,19,22,29-30H,2-4,9-10,12-14,18H2,1H3,(H,36,38,42)/t29-/m1/s1. The second-order valence-corrected chi connectivity index (χ2v) is 12.7. The molecule has 0 radical (unpaired) electrons. The van der Waals surface area contributed by atoms with Gasteiger partial charge in [-0.15, -0.1) is 11.3 Å². The summed E-state index contributed by atoms with van der Waals surface area (Å²) in [4.78, 5) is 40.4. The van der Waals surface area contributed by atoms with E-state index >= 15 is 0 Å². The molecule has 1 fully saturated rings. The van der Waals surface area contributed by atoms with Crippen LogP contribution in [-0.4, -0.2) is 55.8 Å². The van der Waals surface area contributed by atoms with Gasteiger partial charge in [-0.05, 0) is 85.6 Å². The van der Waals surface area contributed by atoms with E-state index in [1.807, 2.05) is 16.7 Å². The van der Waals surface area contributed by atoms with Gasteiger partial charge in [-0.25, -0.2) is 18.7 Å². The monoisotopic (exact) mass is 616 g/mol. The third-order valence-corrected chi connectivity index (χ3v) is 10.1. The van der Waals surface area contributed by atoms with Crippen LogP contribution in [0.5, 0.6) is 0 Å². The smallest absolute Gasteiger partial charge is 0.264 e. The molecule has 11 heteroatoms. The number of halogens is 2. The molecule has 2 aromatic heterocycles. The molecule has 3 aliphatic rings. The molecule has 1 atom stereocenters.